The van der Waals surface area contributed by atoms with Gasteiger partial charge in [-0.1, -0.05) is 24.3 Å². The van der Waals surface area contributed by atoms with Crippen molar-refractivity contribution < 1.29 is 31.9 Å². The number of nitrogens with one attached hydrogen (secondary N) is 4. The van der Waals surface area contributed by atoms with E-state index in [1.165, 1.54) is 19.1 Å². The molecule has 0 radical (unpaired) electrons. The standard InChI is InChI=1S/C26H22F2N4O5S/c1-13-7-8-15(11-18(13)28)23(34)22(26-30-19-5-3-4-6-20(19)31-26)24(35)16-9-10-17(27)21(12-16)38(36,37)32-25(29)14(2)33/h3-12,14,30-31,33H,1-2H3,(H2,29,32)/t14-/m1/s1. The van der Waals surface area contributed by atoms with Gasteiger partial charge in [0, 0.05) is 11.1 Å². The van der Waals surface area contributed by atoms with E-state index in [1.54, 1.807) is 29.0 Å². The molecule has 3 aromatic carbocycles. The third-order valence-corrected chi connectivity index (χ3v) is 7.11. The number of allylic oxidation sites excluding steroid dienone is 1. The number of aliphatic hydroxyl groups is 1. The van der Waals surface area contributed by atoms with Crippen LogP contribution in [0.3, 0.4) is 0 Å². The van der Waals surface area contributed by atoms with E-state index in [0.29, 0.717) is 11.4 Å². The molecule has 5 N–H and O–H groups in total. The summed E-state index contributed by atoms with van der Waals surface area (Å²) in [6.07, 6.45) is -1.48. The van der Waals surface area contributed by atoms with E-state index in [0.717, 1.165) is 31.2 Å². The second-order valence-corrected chi connectivity index (χ2v) is 10.2. The van der Waals surface area contributed by atoms with Gasteiger partial charge in [-0.3, -0.25) is 19.7 Å². The lowest BCUT2D eigenvalue weighted by molar-refractivity contribution is 0.0960. The van der Waals surface area contributed by atoms with E-state index in [4.69, 9.17) is 5.41 Å². The molecule has 4 rings (SSSR count). The SMILES string of the molecule is Cc1ccc(C(=O)C(C(=O)c2ccc(F)c(S(=O)(=O)NC(=N)[C@@H](C)O)c2)=C2Nc3ccccc3N2)cc1F. The van der Waals surface area contributed by atoms with E-state index in [-0.39, 0.29) is 22.5 Å². The van der Waals surface area contributed by atoms with Crippen molar-refractivity contribution in [3.63, 3.8) is 0 Å². The van der Waals surface area contributed by atoms with Crippen LogP contribution in [-0.2, 0) is 10.0 Å². The highest BCUT2D eigenvalue weighted by molar-refractivity contribution is 7.90. The molecule has 196 valence electrons. The van der Waals surface area contributed by atoms with Crippen LogP contribution >= 0.6 is 0 Å². The lowest BCUT2D eigenvalue weighted by atomic mass is 9.95. The van der Waals surface area contributed by atoms with Gasteiger partial charge in [-0.25, -0.2) is 17.2 Å². The van der Waals surface area contributed by atoms with Crippen LogP contribution in [0.5, 0.6) is 0 Å². The molecule has 0 bridgehead atoms. The maximum Gasteiger partial charge on any atom is 0.265 e. The summed E-state index contributed by atoms with van der Waals surface area (Å²) in [5.74, 6) is -4.55. The summed E-state index contributed by atoms with van der Waals surface area (Å²) in [6, 6.07) is 13.0. The van der Waals surface area contributed by atoms with Crippen LogP contribution in [0, 0.1) is 24.0 Å². The highest BCUT2D eigenvalue weighted by atomic mass is 32.2. The fourth-order valence-electron chi connectivity index (χ4n) is 3.62. The van der Waals surface area contributed by atoms with Crippen LogP contribution < -0.4 is 15.4 Å². The molecule has 38 heavy (non-hydrogen) atoms. The lowest BCUT2D eigenvalue weighted by Gasteiger charge is -2.14. The number of fused-ring (bicyclic) bond motifs is 1. The number of anilines is 2. The average Bonchev–Trinajstić information content (AvgIpc) is 3.29. The second kappa shape index (κ2) is 10.1. The number of Topliss-reactive ketones (excluding diaryl/α,β-unsaturated/α-hetero) is 2. The molecule has 9 nitrogen and oxygen atoms in total. The first kappa shape index (κ1) is 26.6. The first-order valence-electron chi connectivity index (χ1n) is 11.2. The topological polar surface area (TPSA) is 148 Å². The van der Waals surface area contributed by atoms with Gasteiger partial charge in [0.05, 0.1) is 11.4 Å². The van der Waals surface area contributed by atoms with E-state index < -0.39 is 55.6 Å². The highest BCUT2D eigenvalue weighted by Crippen LogP contribution is 2.33. The summed E-state index contributed by atoms with van der Waals surface area (Å²) >= 11 is 0. The van der Waals surface area contributed by atoms with Crippen molar-refractivity contribution in [1.29, 1.82) is 5.41 Å². The minimum Gasteiger partial charge on any atom is -0.385 e. The van der Waals surface area contributed by atoms with Crippen molar-refractivity contribution in [3.8, 4) is 0 Å². The fourth-order valence-corrected chi connectivity index (χ4v) is 4.79. The first-order valence-corrected chi connectivity index (χ1v) is 12.7. The lowest BCUT2D eigenvalue weighted by Crippen LogP contribution is -2.37. The Balaban J connectivity index is 1.82. The molecule has 3 aromatic rings. The maximum absolute atomic E-state index is 14.6. The molecule has 1 atom stereocenters. The number of carbonyl (C=O) groups is 2. The zero-order valence-electron chi connectivity index (χ0n) is 20.1. The smallest absolute Gasteiger partial charge is 0.265 e. The molecular weight excluding hydrogens is 518 g/mol. The highest BCUT2D eigenvalue weighted by Gasteiger charge is 2.31. The Hall–Kier alpha value is -4.42. The molecule has 1 aliphatic heterocycles. The monoisotopic (exact) mass is 540 g/mol. The van der Waals surface area contributed by atoms with Crippen molar-refractivity contribution in [1.82, 2.24) is 4.72 Å². The number of hydrogen-bond acceptors (Lipinski definition) is 8. The van der Waals surface area contributed by atoms with Crippen LogP contribution in [-0.4, -0.2) is 37.0 Å². The second-order valence-electron chi connectivity index (χ2n) is 8.51. The predicted octanol–water partition coefficient (Wildman–Crippen LogP) is 3.72. The van der Waals surface area contributed by atoms with Crippen LogP contribution in [0.4, 0.5) is 20.2 Å². The third-order valence-electron chi connectivity index (χ3n) is 5.73. The largest absolute Gasteiger partial charge is 0.385 e. The molecule has 0 spiro atoms. The molecule has 0 amide bonds. The molecule has 0 aromatic heterocycles. The number of aliphatic hydroxyl groups excluding tert-OH is 1. The number of hydrogen-bond donors (Lipinski definition) is 5. The molecule has 12 heteroatoms. The summed E-state index contributed by atoms with van der Waals surface area (Å²) in [5, 5.41) is 22.8. The number of halogens is 2. The Morgan fingerprint density at radius 3 is 2.03 bits per heavy atom. The van der Waals surface area contributed by atoms with Crippen LogP contribution in [0.1, 0.15) is 33.2 Å². The normalized spacial score (nSPS) is 13.1. The fraction of sp³-hybridized carbons (Fsp3) is 0.115. The van der Waals surface area contributed by atoms with Crippen LogP contribution in [0.2, 0.25) is 0 Å². The molecular formula is C26H22F2N4O5S. The van der Waals surface area contributed by atoms with Gasteiger partial charge in [-0.2, -0.15) is 0 Å². The Morgan fingerprint density at radius 2 is 1.47 bits per heavy atom. The van der Waals surface area contributed by atoms with Gasteiger partial charge in [0.2, 0.25) is 11.6 Å². The third kappa shape index (κ3) is 5.17. The minimum absolute atomic E-state index is 0.0232. The van der Waals surface area contributed by atoms with Crippen molar-refractivity contribution in [2.24, 2.45) is 0 Å². The number of sulfonamides is 1. The van der Waals surface area contributed by atoms with Gasteiger partial charge in [0.25, 0.3) is 10.0 Å². The van der Waals surface area contributed by atoms with Crippen LogP contribution in [0.25, 0.3) is 0 Å². The molecule has 0 aliphatic carbocycles. The number of benzene rings is 3. The number of ketones is 2. The summed E-state index contributed by atoms with van der Waals surface area (Å²) in [5.41, 5.74) is 0.431. The summed E-state index contributed by atoms with van der Waals surface area (Å²) in [6.45, 7) is 2.65. The van der Waals surface area contributed by atoms with Gasteiger partial charge < -0.3 is 15.7 Å². The predicted molar refractivity (Wildman–Crippen MR) is 137 cm³/mol. The van der Waals surface area contributed by atoms with Crippen molar-refractivity contribution >= 4 is 38.8 Å². The molecule has 0 saturated heterocycles. The van der Waals surface area contributed by atoms with E-state index in [9.17, 15) is 31.9 Å². The van der Waals surface area contributed by atoms with E-state index in [1.807, 2.05) is 0 Å². The number of amidine groups is 1. The zero-order chi connectivity index (χ0) is 27.8. The Kier molecular flexibility index (Phi) is 7.11. The Bertz CT molecular complexity index is 1610. The molecule has 0 unspecified atom stereocenters. The maximum atomic E-state index is 14.6. The van der Waals surface area contributed by atoms with Crippen LogP contribution in [0.15, 0.2) is 77.0 Å². The number of aryl methyl sites for hydroxylation is 1. The summed E-state index contributed by atoms with van der Waals surface area (Å²) < 4.78 is 55.9. The summed E-state index contributed by atoms with van der Waals surface area (Å²) in [4.78, 5) is 26.3. The average molecular weight is 541 g/mol. The number of rotatable bonds is 7. The minimum atomic E-state index is -4.71. The van der Waals surface area contributed by atoms with Gasteiger partial charge in [-0.15, -0.1) is 0 Å². The summed E-state index contributed by atoms with van der Waals surface area (Å²) in [7, 11) is -4.71. The molecule has 1 aliphatic rings. The number of para-hydroxylation sites is 2. The Morgan fingerprint density at radius 1 is 0.921 bits per heavy atom. The van der Waals surface area contributed by atoms with Gasteiger partial charge in [-0.05, 0) is 55.8 Å². The van der Waals surface area contributed by atoms with E-state index in [2.05, 4.69) is 10.6 Å². The van der Waals surface area contributed by atoms with Crippen molar-refractivity contribution in [2.75, 3.05) is 10.6 Å². The zero-order valence-corrected chi connectivity index (χ0v) is 20.9. The number of carbonyl (C=O) groups excluding carboxylic acids is 2. The molecule has 0 saturated carbocycles. The van der Waals surface area contributed by atoms with Crippen molar-refractivity contribution in [3.05, 3.63) is 100 Å². The van der Waals surface area contributed by atoms with Gasteiger partial charge in [0.15, 0.2) is 0 Å². The molecule has 0 fully saturated rings. The van der Waals surface area contributed by atoms with E-state index >= 15 is 0 Å². The Labute approximate surface area is 216 Å². The molecule has 1 heterocycles. The van der Waals surface area contributed by atoms with Gasteiger partial charge >= 0.3 is 0 Å². The first-order chi connectivity index (χ1) is 17.9. The quantitative estimate of drug-likeness (QED) is 0.0766. The van der Waals surface area contributed by atoms with Gasteiger partial charge in [0.1, 0.15) is 39.9 Å². The van der Waals surface area contributed by atoms with Crippen molar-refractivity contribution in [2.45, 2.75) is 24.8 Å².